The van der Waals surface area contributed by atoms with Gasteiger partial charge in [-0.05, 0) is 55.3 Å². The van der Waals surface area contributed by atoms with Crippen LogP contribution < -0.4 is 9.62 Å². The van der Waals surface area contributed by atoms with Crippen LogP contribution in [0, 0.1) is 0 Å². The van der Waals surface area contributed by atoms with Crippen molar-refractivity contribution >= 4 is 21.6 Å². The fourth-order valence-corrected chi connectivity index (χ4v) is 4.84. The van der Waals surface area contributed by atoms with E-state index >= 15 is 0 Å². The smallest absolute Gasteiger partial charge is 0.264 e. The largest absolute Gasteiger partial charge is 0.350 e. The number of amides is 1. The summed E-state index contributed by atoms with van der Waals surface area (Å²) in [6.07, 6.45) is 1.93. The van der Waals surface area contributed by atoms with Crippen molar-refractivity contribution in [3.8, 4) is 0 Å². The second-order valence-corrected chi connectivity index (χ2v) is 9.38. The molecule has 31 heavy (non-hydrogen) atoms. The summed E-state index contributed by atoms with van der Waals surface area (Å²) in [5.74, 6) is -0.121. The van der Waals surface area contributed by atoms with Crippen molar-refractivity contribution in [2.75, 3.05) is 4.31 Å². The van der Waals surface area contributed by atoms with E-state index in [0.717, 1.165) is 18.4 Å². The summed E-state index contributed by atoms with van der Waals surface area (Å²) in [6, 6.07) is 24.6. The maximum absolute atomic E-state index is 13.4. The Kier molecular flexibility index (Phi) is 7.47. The highest BCUT2D eigenvalue weighted by Gasteiger charge is 2.25. The van der Waals surface area contributed by atoms with Crippen LogP contribution in [0.25, 0.3) is 0 Å². The predicted octanol–water partition coefficient (Wildman–Crippen LogP) is 5.00. The number of para-hydroxylation sites is 1. The molecule has 0 spiro atoms. The molecule has 0 aliphatic carbocycles. The van der Waals surface area contributed by atoms with Gasteiger partial charge in [-0.1, -0.05) is 61.9 Å². The molecular formula is C25H28N2O3S. The van der Waals surface area contributed by atoms with Crippen molar-refractivity contribution in [2.45, 2.75) is 44.2 Å². The number of carbonyl (C=O) groups excluding carboxylic acids is 1. The zero-order chi connectivity index (χ0) is 22.3. The molecule has 0 aromatic heterocycles. The Balaban J connectivity index is 1.85. The number of benzene rings is 3. The third-order valence-electron chi connectivity index (χ3n) is 5.02. The Morgan fingerprint density at radius 3 is 2.06 bits per heavy atom. The lowest BCUT2D eigenvalue weighted by molar-refractivity contribution is 0.0938. The Morgan fingerprint density at radius 1 is 0.903 bits per heavy atom. The number of anilines is 1. The molecule has 1 N–H and O–H groups in total. The van der Waals surface area contributed by atoms with Crippen LogP contribution in [0.3, 0.4) is 0 Å². The van der Waals surface area contributed by atoms with Crippen LogP contribution in [0.4, 0.5) is 5.69 Å². The molecule has 3 aromatic rings. The van der Waals surface area contributed by atoms with E-state index < -0.39 is 10.0 Å². The lowest BCUT2D eigenvalue weighted by Crippen LogP contribution is -2.32. The maximum atomic E-state index is 13.4. The number of sulfonamides is 1. The molecule has 0 fully saturated rings. The molecule has 0 aliphatic heterocycles. The van der Waals surface area contributed by atoms with E-state index in [0.29, 0.717) is 11.3 Å². The number of hydrogen-bond acceptors (Lipinski definition) is 3. The molecule has 3 rings (SSSR count). The minimum Gasteiger partial charge on any atom is -0.350 e. The van der Waals surface area contributed by atoms with Gasteiger partial charge >= 0.3 is 0 Å². The van der Waals surface area contributed by atoms with E-state index in [4.69, 9.17) is 0 Å². The molecule has 3 aromatic carbocycles. The van der Waals surface area contributed by atoms with Crippen molar-refractivity contribution in [3.63, 3.8) is 0 Å². The fraction of sp³-hybridized carbons (Fsp3) is 0.240. The predicted molar refractivity (Wildman–Crippen MR) is 125 cm³/mol. The fourth-order valence-electron chi connectivity index (χ4n) is 3.37. The third-order valence-corrected chi connectivity index (χ3v) is 6.80. The lowest BCUT2D eigenvalue weighted by atomic mass is 10.1. The van der Waals surface area contributed by atoms with Gasteiger partial charge in [-0.15, -0.1) is 0 Å². The molecular weight excluding hydrogens is 408 g/mol. The molecule has 0 aliphatic rings. The molecule has 0 heterocycles. The first-order valence-corrected chi connectivity index (χ1v) is 11.9. The van der Waals surface area contributed by atoms with Crippen LogP contribution in [-0.2, 0) is 16.6 Å². The highest BCUT2D eigenvalue weighted by molar-refractivity contribution is 7.92. The van der Waals surface area contributed by atoms with Crippen molar-refractivity contribution < 1.29 is 13.2 Å². The molecule has 5 nitrogen and oxygen atoms in total. The number of nitrogens with zero attached hydrogens (tertiary/aromatic N) is 1. The van der Waals surface area contributed by atoms with E-state index in [1.165, 1.54) is 4.31 Å². The Labute approximate surface area is 184 Å². The van der Waals surface area contributed by atoms with Crippen LogP contribution in [0.5, 0.6) is 0 Å². The van der Waals surface area contributed by atoms with Gasteiger partial charge in [-0.3, -0.25) is 9.10 Å². The summed E-state index contributed by atoms with van der Waals surface area (Å²) >= 11 is 0. The molecule has 162 valence electrons. The second-order valence-electron chi connectivity index (χ2n) is 7.52. The second kappa shape index (κ2) is 10.3. The average Bonchev–Trinajstić information content (AvgIpc) is 2.79. The molecule has 0 unspecified atom stereocenters. The summed E-state index contributed by atoms with van der Waals surface area (Å²) in [7, 11) is -3.75. The minimum atomic E-state index is -3.75. The maximum Gasteiger partial charge on any atom is 0.264 e. The number of nitrogens with one attached hydrogen (secondary N) is 1. The van der Waals surface area contributed by atoms with Gasteiger partial charge < -0.3 is 5.32 Å². The van der Waals surface area contributed by atoms with E-state index in [9.17, 15) is 13.2 Å². The van der Waals surface area contributed by atoms with E-state index in [2.05, 4.69) is 12.2 Å². The van der Waals surface area contributed by atoms with Crippen molar-refractivity contribution in [3.05, 3.63) is 96.1 Å². The summed E-state index contributed by atoms with van der Waals surface area (Å²) < 4.78 is 28.1. The summed E-state index contributed by atoms with van der Waals surface area (Å²) in [6.45, 7) is 4.23. The highest BCUT2D eigenvalue weighted by atomic mass is 32.2. The summed E-state index contributed by atoms with van der Waals surface area (Å²) in [4.78, 5) is 12.6. The monoisotopic (exact) mass is 436 g/mol. The number of carbonyl (C=O) groups is 1. The zero-order valence-electron chi connectivity index (χ0n) is 17.9. The topological polar surface area (TPSA) is 66.5 Å². The first kappa shape index (κ1) is 22.6. The first-order valence-electron chi connectivity index (χ1n) is 10.4. The molecule has 0 radical (unpaired) electrons. The highest BCUT2D eigenvalue weighted by Crippen LogP contribution is 2.25. The molecule has 0 saturated heterocycles. The number of hydrogen-bond donors (Lipinski definition) is 1. The summed E-state index contributed by atoms with van der Waals surface area (Å²) in [5.41, 5.74) is 1.94. The van der Waals surface area contributed by atoms with Crippen LogP contribution in [0.1, 0.15) is 42.6 Å². The van der Waals surface area contributed by atoms with Crippen LogP contribution in [0.15, 0.2) is 89.8 Å². The minimum absolute atomic E-state index is 0.113. The van der Waals surface area contributed by atoms with Crippen LogP contribution in [-0.4, -0.2) is 20.4 Å². The Hall–Kier alpha value is -3.12. The Bertz CT molecular complexity index is 1080. The molecule has 0 saturated carbocycles. The van der Waals surface area contributed by atoms with Gasteiger partial charge in [0.2, 0.25) is 0 Å². The number of rotatable bonds is 9. The molecule has 1 atom stereocenters. The zero-order valence-corrected chi connectivity index (χ0v) is 18.7. The third kappa shape index (κ3) is 5.73. The SMILES string of the molecule is CCC[C@H](C)NC(=O)c1ccc(CN(c2ccccc2)S(=O)(=O)c2ccccc2)cc1. The van der Waals surface area contributed by atoms with Gasteiger partial charge in [-0.25, -0.2) is 8.42 Å². The standard InChI is InChI=1S/C25H28N2O3S/c1-3-10-20(2)26-25(28)22-17-15-21(16-18-22)19-27(23-11-6-4-7-12-23)31(29,30)24-13-8-5-9-14-24/h4-9,11-18,20H,3,10,19H2,1-2H3,(H,26,28)/t20-/m0/s1. The van der Waals surface area contributed by atoms with Gasteiger partial charge in [-0.2, -0.15) is 0 Å². The van der Waals surface area contributed by atoms with Crippen molar-refractivity contribution in [1.82, 2.24) is 5.32 Å². The van der Waals surface area contributed by atoms with Gasteiger partial charge in [0.25, 0.3) is 15.9 Å². The lowest BCUT2D eigenvalue weighted by Gasteiger charge is -2.25. The normalized spacial score (nSPS) is 12.2. The quantitative estimate of drug-likeness (QED) is 0.513. The molecule has 6 heteroatoms. The first-order chi connectivity index (χ1) is 14.9. The van der Waals surface area contributed by atoms with Crippen molar-refractivity contribution in [1.29, 1.82) is 0 Å². The van der Waals surface area contributed by atoms with Gasteiger partial charge in [0.1, 0.15) is 0 Å². The van der Waals surface area contributed by atoms with Gasteiger partial charge in [0.15, 0.2) is 0 Å². The van der Waals surface area contributed by atoms with E-state index in [-0.39, 0.29) is 23.4 Å². The van der Waals surface area contributed by atoms with E-state index in [1.54, 1.807) is 66.7 Å². The molecule has 0 bridgehead atoms. The van der Waals surface area contributed by atoms with E-state index in [1.807, 2.05) is 25.1 Å². The Morgan fingerprint density at radius 2 is 1.48 bits per heavy atom. The van der Waals surface area contributed by atoms with Gasteiger partial charge in [0, 0.05) is 11.6 Å². The molecule has 1 amide bonds. The van der Waals surface area contributed by atoms with Crippen molar-refractivity contribution in [2.24, 2.45) is 0 Å². The van der Waals surface area contributed by atoms with Crippen LogP contribution in [0.2, 0.25) is 0 Å². The van der Waals surface area contributed by atoms with Crippen LogP contribution >= 0.6 is 0 Å². The van der Waals surface area contributed by atoms with Gasteiger partial charge in [0.05, 0.1) is 17.1 Å². The summed E-state index contributed by atoms with van der Waals surface area (Å²) in [5, 5.41) is 2.98. The average molecular weight is 437 g/mol.